The molecule has 0 amide bonds. The van der Waals surface area contributed by atoms with Gasteiger partial charge in [-0.05, 0) is 57.7 Å². The van der Waals surface area contributed by atoms with Gasteiger partial charge in [0.15, 0.2) is 0 Å². The van der Waals surface area contributed by atoms with E-state index in [1.807, 2.05) is 0 Å². The highest BCUT2D eigenvalue weighted by Crippen LogP contribution is 2.28. The van der Waals surface area contributed by atoms with Gasteiger partial charge in [-0.25, -0.2) is 0 Å². The monoisotopic (exact) mass is 196 g/mol. The first-order chi connectivity index (χ1) is 6.90. The van der Waals surface area contributed by atoms with Gasteiger partial charge in [-0.3, -0.25) is 0 Å². The van der Waals surface area contributed by atoms with E-state index >= 15 is 0 Å². The zero-order valence-corrected chi connectivity index (χ0v) is 9.47. The molecule has 1 aliphatic heterocycles. The summed E-state index contributed by atoms with van der Waals surface area (Å²) in [7, 11) is 0. The lowest BCUT2D eigenvalue weighted by Crippen LogP contribution is -2.39. The molecule has 82 valence electrons. The van der Waals surface area contributed by atoms with E-state index in [0.717, 1.165) is 12.0 Å². The molecule has 2 heteroatoms. The zero-order valence-electron chi connectivity index (χ0n) is 9.47. The first kappa shape index (κ1) is 10.4. The molecule has 1 aliphatic carbocycles. The molecule has 2 nitrogen and oxygen atoms in total. The minimum Gasteiger partial charge on any atom is -0.316 e. The molecule has 14 heavy (non-hydrogen) atoms. The third-order valence-corrected chi connectivity index (χ3v) is 3.47. The molecule has 2 rings (SSSR count). The normalized spacial score (nSPS) is 28.3. The maximum Gasteiger partial charge on any atom is 0.00965 e. The summed E-state index contributed by atoms with van der Waals surface area (Å²) in [5.41, 5.74) is 0. The second-order valence-corrected chi connectivity index (χ2v) is 4.94. The second kappa shape index (κ2) is 5.13. The largest absolute Gasteiger partial charge is 0.316 e. The van der Waals surface area contributed by atoms with Crippen LogP contribution in [0.1, 0.15) is 39.0 Å². The topological polar surface area (TPSA) is 15.3 Å². The van der Waals surface area contributed by atoms with Crippen molar-refractivity contribution < 1.29 is 0 Å². The molecular formula is C12H24N2. The second-order valence-electron chi connectivity index (χ2n) is 4.94. The van der Waals surface area contributed by atoms with Crippen molar-refractivity contribution in [2.24, 2.45) is 5.92 Å². The van der Waals surface area contributed by atoms with Crippen LogP contribution in [0.15, 0.2) is 0 Å². The highest BCUT2D eigenvalue weighted by atomic mass is 15.2. The molecule has 0 radical (unpaired) electrons. The minimum atomic E-state index is 0.927. The Hall–Kier alpha value is -0.0800. The Labute approximate surface area is 88.1 Å². The van der Waals surface area contributed by atoms with Gasteiger partial charge in [0.1, 0.15) is 0 Å². The van der Waals surface area contributed by atoms with Crippen LogP contribution in [0.4, 0.5) is 0 Å². The van der Waals surface area contributed by atoms with Gasteiger partial charge in [0, 0.05) is 12.6 Å². The van der Waals surface area contributed by atoms with Crippen molar-refractivity contribution >= 4 is 0 Å². The summed E-state index contributed by atoms with van der Waals surface area (Å²) in [6.07, 6.45) is 7.06. The van der Waals surface area contributed by atoms with Crippen LogP contribution in [0.3, 0.4) is 0 Å². The molecule has 1 N–H and O–H groups in total. The number of nitrogens with one attached hydrogen (secondary N) is 1. The quantitative estimate of drug-likeness (QED) is 0.722. The van der Waals surface area contributed by atoms with Crippen LogP contribution < -0.4 is 5.32 Å². The van der Waals surface area contributed by atoms with Gasteiger partial charge >= 0.3 is 0 Å². The SMILES string of the molecule is CCCN(CC1CCCNC1)C1CC1. The molecular weight excluding hydrogens is 172 g/mol. The van der Waals surface area contributed by atoms with Gasteiger partial charge in [-0.2, -0.15) is 0 Å². The van der Waals surface area contributed by atoms with Crippen molar-refractivity contribution in [1.29, 1.82) is 0 Å². The van der Waals surface area contributed by atoms with Crippen molar-refractivity contribution in [3.63, 3.8) is 0 Å². The van der Waals surface area contributed by atoms with Crippen LogP contribution in [0.2, 0.25) is 0 Å². The Morgan fingerprint density at radius 1 is 1.29 bits per heavy atom. The summed E-state index contributed by atoms with van der Waals surface area (Å²) in [6, 6.07) is 0.955. The average Bonchev–Trinajstić information content (AvgIpc) is 3.02. The maximum atomic E-state index is 3.51. The highest BCUT2D eigenvalue weighted by molar-refractivity contribution is 4.86. The van der Waals surface area contributed by atoms with Gasteiger partial charge in [0.05, 0.1) is 0 Å². The molecule has 1 saturated carbocycles. The number of rotatable bonds is 5. The van der Waals surface area contributed by atoms with E-state index in [2.05, 4.69) is 17.1 Å². The van der Waals surface area contributed by atoms with Gasteiger partial charge in [0.2, 0.25) is 0 Å². The molecule has 0 aromatic heterocycles. The lowest BCUT2D eigenvalue weighted by atomic mass is 9.99. The van der Waals surface area contributed by atoms with Crippen molar-refractivity contribution in [1.82, 2.24) is 10.2 Å². The molecule has 0 aromatic carbocycles. The molecule has 1 atom stereocenters. The first-order valence-corrected chi connectivity index (χ1v) is 6.35. The lowest BCUT2D eigenvalue weighted by molar-refractivity contribution is 0.200. The van der Waals surface area contributed by atoms with Gasteiger partial charge in [0.25, 0.3) is 0 Å². The van der Waals surface area contributed by atoms with Crippen LogP contribution in [-0.4, -0.2) is 37.1 Å². The predicted octanol–water partition coefficient (Wildman–Crippen LogP) is 1.86. The van der Waals surface area contributed by atoms with Crippen molar-refractivity contribution in [2.75, 3.05) is 26.2 Å². The van der Waals surface area contributed by atoms with Crippen molar-refractivity contribution in [2.45, 2.75) is 45.1 Å². The summed E-state index contributed by atoms with van der Waals surface area (Å²) in [5.74, 6) is 0.927. The van der Waals surface area contributed by atoms with E-state index in [4.69, 9.17) is 0 Å². The van der Waals surface area contributed by atoms with Gasteiger partial charge in [-0.15, -0.1) is 0 Å². The molecule has 1 saturated heterocycles. The van der Waals surface area contributed by atoms with Gasteiger partial charge in [-0.1, -0.05) is 6.92 Å². The Morgan fingerprint density at radius 2 is 2.14 bits per heavy atom. The van der Waals surface area contributed by atoms with Crippen LogP contribution >= 0.6 is 0 Å². The maximum absolute atomic E-state index is 3.51. The average molecular weight is 196 g/mol. The molecule has 2 fully saturated rings. The minimum absolute atomic E-state index is 0.927. The zero-order chi connectivity index (χ0) is 9.80. The van der Waals surface area contributed by atoms with Crippen LogP contribution in [0, 0.1) is 5.92 Å². The lowest BCUT2D eigenvalue weighted by Gasteiger charge is -2.30. The molecule has 2 aliphatic rings. The smallest absolute Gasteiger partial charge is 0.00965 e. The molecule has 1 unspecified atom stereocenters. The summed E-state index contributed by atoms with van der Waals surface area (Å²) >= 11 is 0. The van der Waals surface area contributed by atoms with E-state index in [9.17, 15) is 0 Å². The van der Waals surface area contributed by atoms with Crippen molar-refractivity contribution in [3.05, 3.63) is 0 Å². The fraction of sp³-hybridized carbons (Fsp3) is 1.00. The number of hydrogen-bond donors (Lipinski definition) is 1. The Bertz CT molecular complexity index is 160. The van der Waals surface area contributed by atoms with E-state index in [1.54, 1.807) is 0 Å². The van der Waals surface area contributed by atoms with E-state index in [1.165, 1.54) is 58.3 Å². The highest BCUT2D eigenvalue weighted by Gasteiger charge is 2.30. The summed E-state index contributed by atoms with van der Waals surface area (Å²) in [4.78, 5) is 2.73. The Morgan fingerprint density at radius 3 is 2.71 bits per heavy atom. The van der Waals surface area contributed by atoms with Crippen LogP contribution in [0.5, 0.6) is 0 Å². The summed E-state index contributed by atoms with van der Waals surface area (Å²) < 4.78 is 0. The van der Waals surface area contributed by atoms with E-state index < -0.39 is 0 Å². The third-order valence-electron chi connectivity index (χ3n) is 3.47. The molecule has 0 aromatic rings. The summed E-state index contributed by atoms with van der Waals surface area (Å²) in [6.45, 7) is 7.47. The van der Waals surface area contributed by atoms with Gasteiger partial charge < -0.3 is 10.2 Å². The molecule has 0 bridgehead atoms. The molecule has 0 spiro atoms. The standard InChI is InChI=1S/C12H24N2/c1-2-8-14(12-5-6-12)10-11-4-3-7-13-9-11/h11-13H,2-10H2,1H3. The van der Waals surface area contributed by atoms with Crippen LogP contribution in [-0.2, 0) is 0 Å². The Kier molecular flexibility index (Phi) is 3.82. The first-order valence-electron chi connectivity index (χ1n) is 6.35. The third kappa shape index (κ3) is 2.96. The Balaban J connectivity index is 1.73. The fourth-order valence-corrected chi connectivity index (χ4v) is 2.56. The number of piperidine rings is 1. The summed E-state index contributed by atoms with van der Waals surface area (Å²) in [5, 5.41) is 3.51. The van der Waals surface area contributed by atoms with E-state index in [-0.39, 0.29) is 0 Å². The van der Waals surface area contributed by atoms with Crippen molar-refractivity contribution in [3.8, 4) is 0 Å². The van der Waals surface area contributed by atoms with E-state index in [0.29, 0.717) is 0 Å². The number of nitrogens with zero attached hydrogens (tertiary/aromatic N) is 1. The number of hydrogen-bond acceptors (Lipinski definition) is 2. The predicted molar refractivity (Wildman–Crippen MR) is 60.5 cm³/mol. The fourth-order valence-electron chi connectivity index (χ4n) is 2.56. The van der Waals surface area contributed by atoms with Crippen LogP contribution in [0.25, 0.3) is 0 Å². The molecule has 1 heterocycles.